The lowest BCUT2D eigenvalue weighted by Gasteiger charge is -2.45. The average Bonchev–Trinajstić information content (AvgIpc) is 2.66. The molecule has 2 heterocycles. The van der Waals surface area contributed by atoms with Gasteiger partial charge in [-0.15, -0.1) is 0 Å². The lowest BCUT2D eigenvalue weighted by atomic mass is 10.0. The first-order valence-corrected chi connectivity index (χ1v) is 12.0. The van der Waals surface area contributed by atoms with Crippen molar-refractivity contribution in [2.45, 2.75) is 62.6 Å². The van der Waals surface area contributed by atoms with Gasteiger partial charge < -0.3 is 23.8 Å². The van der Waals surface area contributed by atoms with E-state index in [9.17, 15) is 13.2 Å². The third-order valence-corrected chi connectivity index (χ3v) is 6.21. The summed E-state index contributed by atoms with van der Waals surface area (Å²) < 4.78 is 46.3. The largest absolute Gasteiger partial charge is 0.444 e. The fourth-order valence-corrected chi connectivity index (χ4v) is 4.00. The van der Waals surface area contributed by atoms with Crippen molar-refractivity contribution in [2.75, 3.05) is 32.6 Å². The quantitative estimate of drug-likeness (QED) is 0.709. The number of carbonyl (C=O) groups excluding carboxylic acids is 1. The Bertz CT molecular complexity index is 827. The van der Waals surface area contributed by atoms with Gasteiger partial charge in [0.25, 0.3) is 0 Å². The molecule has 1 spiro atoms. The Balaban J connectivity index is 1.42. The number of benzene rings is 1. The molecule has 1 amide bonds. The first-order chi connectivity index (χ1) is 14.0. The molecular weight excluding hydrogens is 410 g/mol. The summed E-state index contributed by atoms with van der Waals surface area (Å²) in [5, 5.41) is 0. The third kappa shape index (κ3) is 6.16. The normalized spacial score (nSPS) is 20.3. The summed E-state index contributed by atoms with van der Waals surface area (Å²) >= 11 is 0. The minimum Gasteiger partial charge on any atom is -0.444 e. The highest BCUT2D eigenvalue weighted by Gasteiger charge is 2.42. The molecule has 0 aliphatic carbocycles. The molecule has 9 heteroatoms. The molecular formula is C21H31NO7S. The van der Waals surface area contributed by atoms with Crippen LogP contribution in [0.4, 0.5) is 4.79 Å². The number of sulfone groups is 1. The van der Waals surface area contributed by atoms with Crippen LogP contribution in [0.15, 0.2) is 29.2 Å². The maximum atomic E-state index is 12.2. The molecule has 0 N–H and O–H groups in total. The third-order valence-electron chi connectivity index (χ3n) is 5.08. The second-order valence-electron chi connectivity index (χ2n) is 8.85. The average molecular weight is 442 g/mol. The smallest absolute Gasteiger partial charge is 0.410 e. The zero-order valence-corrected chi connectivity index (χ0v) is 18.9. The summed E-state index contributed by atoms with van der Waals surface area (Å²) in [5.41, 5.74) is 0.369. The SMILES string of the molecule is CC(C)(C)OC(=O)N1CCC2(CC1)OCC(OCc1ccc(S(C)(=O)=O)cc1)CO2. The number of hydrogen-bond donors (Lipinski definition) is 0. The first-order valence-electron chi connectivity index (χ1n) is 10.1. The molecule has 0 radical (unpaired) electrons. The lowest BCUT2D eigenvalue weighted by molar-refractivity contribution is -0.311. The van der Waals surface area contributed by atoms with Crippen molar-refractivity contribution in [1.82, 2.24) is 4.90 Å². The molecule has 8 nitrogen and oxygen atoms in total. The lowest BCUT2D eigenvalue weighted by Crippen LogP contribution is -2.54. The monoisotopic (exact) mass is 441 g/mol. The molecule has 2 aliphatic rings. The van der Waals surface area contributed by atoms with Crippen molar-refractivity contribution >= 4 is 15.9 Å². The van der Waals surface area contributed by atoms with Crippen LogP contribution in [0, 0.1) is 0 Å². The molecule has 2 fully saturated rings. The van der Waals surface area contributed by atoms with Crippen LogP contribution < -0.4 is 0 Å². The number of carbonyl (C=O) groups is 1. The summed E-state index contributed by atoms with van der Waals surface area (Å²) in [4.78, 5) is 14.2. The van der Waals surface area contributed by atoms with Crippen LogP contribution in [0.5, 0.6) is 0 Å². The highest BCUT2D eigenvalue weighted by atomic mass is 32.2. The predicted octanol–water partition coefficient (Wildman–Crippen LogP) is 2.75. The van der Waals surface area contributed by atoms with E-state index in [1.54, 1.807) is 29.2 Å². The Labute approximate surface area is 178 Å². The van der Waals surface area contributed by atoms with Crippen molar-refractivity contribution in [2.24, 2.45) is 0 Å². The molecule has 0 atom stereocenters. The van der Waals surface area contributed by atoms with E-state index in [0.717, 1.165) is 5.56 Å². The Hall–Kier alpha value is -1.68. The molecule has 2 aliphatic heterocycles. The van der Waals surface area contributed by atoms with E-state index in [2.05, 4.69) is 0 Å². The molecule has 1 aromatic carbocycles. The van der Waals surface area contributed by atoms with Crippen LogP contribution >= 0.6 is 0 Å². The molecule has 0 aromatic heterocycles. The van der Waals surface area contributed by atoms with E-state index < -0.39 is 21.2 Å². The fraction of sp³-hybridized carbons (Fsp3) is 0.667. The van der Waals surface area contributed by atoms with Crippen LogP contribution in [-0.2, 0) is 35.4 Å². The van der Waals surface area contributed by atoms with E-state index in [-0.39, 0.29) is 17.1 Å². The van der Waals surface area contributed by atoms with E-state index in [4.69, 9.17) is 18.9 Å². The molecule has 2 saturated heterocycles. The number of hydrogen-bond acceptors (Lipinski definition) is 7. The maximum absolute atomic E-state index is 12.2. The Morgan fingerprint density at radius 2 is 1.70 bits per heavy atom. The van der Waals surface area contributed by atoms with Gasteiger partial charge in [-0.25, -0.2) is 13.2 Å². The Kier molecular flexibility index (Phi) is 6.76. The molecule has 0 saturated carbocycles. The minimum absolute atomic E-state index is 0.200. The first kappa shape index (κ1) is 23.0. The highest BCUT2D eigenvalue weighted by Crippen LogP contribution is 2.32. The van der Waals surface area contributed by atoms with Crippen LogP contribution in [0.3, 0.4) is 0 Å². The highest BCUT2D eigenvalue weighted by molar-refractivity contribution is 7.90. The summed E-state index contributed by atoms with van der Waals surface area (Å²) in [6, 6.07) is 6.65. The molecule has 0 unspecified atom stereocenters. The standard InChI is InChI=1S/C21H31NO7S/c1-20(2,3)29-19(23)22-11-9-21(10-12-22)27-14-17(15-28-21)26-13-16-5-7-18(8-6-16)30(4,24)25/h5-8,17H,9-15H2,1-4H3. The van der Waals surface area contributed by atoms with Crippen molar-refractivity contribution in [1.29, 1.82) is 0 Å². The van der Waals surface area contributed by atoms with Crippen molar-refractivity contribution in [3.8, 4) is 0 Å². The van der Waals surface area contributed by atoms with Crippen molar-refractivity contribution < 1.29 is 32.2 Å². The van der Waals surface area contributed by atoms with Crippen LogP contribution in [0.25, 0.3) is 0 Å². The zero-order chi connectivity index (χ0) is 22.0. The molecule has 168 valence electrons. The molecule has 30 heavy (non-hydrogen) atoms. The van der Waals surface area contributed by atoms with Gasteiger partial charge in [0, 0.05) is 32.2 Å². The number of piperidine rings is 1. The van der Waals surface area contributed by atoms with Gasteiger partial charge in [0.15, 0.2) is 15.6 Å². The Morgan fingerprint density at radius 1 is 1.13 bits per heavy atom. The van der Waals surface area contributed by atoms with Crippen molar-refractivity contribution in [3.05, 3.63) is 29.8 Å². The summed E-state index contributed by atoms with van der Waals surface area (Å²) in [5.74, 6) is -0.671. The van der Waals surface area contributed by atoms with Gasteiger partial charge in [0.2, 0.25) is 0 Å². The minimum atomic E-state index is -3.20. The fourth-order valence-electron chi connectivity index (χ4n) is 3.37. The number of likely N-dealkylation sites (tertiary alicyclic amines) is 1. The predicted molar refractivity (Wildman–Crippen MR) is 110 cm³/mol. The molecule has 1 aromatic rings. The van der Waals surface area contributed by atoms with Gasteiger partial charge in [-0.3, -0.25) is 0 Å². The molecule has 0 bridgehead atoms. The van der Waals surface area contributed by atoms with E-state index in [0.29, 0.717) is 45.8 Å². The maximum Gasteiger partial charge on any atom is 0.410 e. The zero-order valence-electron chi connectivity index (χ0n) is 18.0. The number of amides is 1. The van der Waals surface area contributed by atoms with Gasteiger partial charge in [0.1, 0.15) is 11.7 Å². The second kappa shape index (κ2) is 8.82. The van der Waals surface area contributed by atoms with Gasteiger partial charge in [-0.1, -0.05) is 12.1 Å². The summed E-state index contributed by atoms with van der Waals surface area (Å²) in [7, 11) is -3.20. The van der Waals surface area contributed by atoms with Crippen LogP contribution in [0.1, 0.15) is 39.2 Å². The van der Waals surface area contributed by atoms with Gasteiger partial charge in [-0.2, -0.15) is 0 Å². The van der Waals surface area contributed by atoms with Gasteiger partial charge in [0.05, 0.1) is 24.7 Å². The van der Waals surface area contributed by atoms with E-state index in [1.165, 1.54) is 6.26 Å². The summed E-state index contributed by atoms with van der Waals surface area (Å²) in [6.07, 6.45) is 1.85. The van der Waals surface area contributed by atoms with Gasteiger partial charge >= 0.3 is 6.09 Å². The summed E-state index contributed by atoms with van der Waals surface area (Å²) in [6.45, 7) is 7.76. The van der Waals surface area contributed by atoms with E-state index in [1.807, 2.05) is 20.8 Å². The van der Waals surface area contributed by atoms with Crippen LogP contribution in [0.2, 0.25) is 0 Å². The Morgan fingerprint density at radius 3 is 2.20 bits per heavy atom. The van der Waals surface area contributed by atoms with E-state index >= 15 is 0 Å². The molecule has 3 rings (SSSR count). The topological polar surface area (TPSA) is 91.4 Å². The van der Waals surface area contributed by atoms with Crippen LogP contribution in [-0.4, -0.2) is 69.5 Å². The number of rotatable bonds is 4. The second-order valence-corrected chi connectivity index (χ2v) is 10.9. The number of nitrogens with zero attached hydrogens (tertiary/aromatic N) is 1. The van der Waals surface area contributed by atoms with Gasteiger partial charge in [-0.05, 0) is 38.5 Å². The van der Waals surface area contributed by atoms with Crippen molar-refractivity contribution in [3.63, 3.8) is 0 Å². The number of ether oxygens (including phenoxy) is 4.